The number of benzene rings is 1. The minimum Gasteiger partial charge on any atom is -0.481 e. The van der Waals surface area contributed by atoms with Crippen LogP contribution in [0, 0.1) is 0 Å². The van der Waals surface area contributed by atoms with Crippen molar-refractivity contribution in [2.24, 2.45) is 0 Å². The van der Waals surface area contributed by atoms with Crippen molar-refractivity contribution in [2.45, 2.75) is 82.5 Å². The van der Waals surface area contributed by atoms with E-state index >= 15 is 0 Å². The lowest BCUT2D eigenvalue weighted by atomic mass is 9.99. The normalized spacial score (nSPS) is 20.2. The van der Waals surface area contributed by atoms with E-state index in [1.165, 1.54) is 12.1 Å². The SMILES string of the molecule is CC(F)(F)c1ccccc1-c1cc(C(=O)N[C@@H](CCN2CCC[C@@H](F)C2)CC(=O)O)nn1C1CCCC1. The number of amides is 1. The number of carbonyl (C=O) groups is 2. The Labute approximate surface area is 215 Å². The third-order valence-corrected chi connectivity index (χ3v) is 7.31. The molecule has 1 saturated carbocycles. The monoisotopic (exact) mass is 520 g/mol. The minimum atomic E-state index is -3.08. The number of likely N-dealkylation sites (tertiary alicyclic amines) is 1. The van der Waals surface area contributed by atoms with E-state index in [2.05, 4.69) is 10.4 Å². The number of halogens is 3. The highest BCUT2D eigenvalue weighted by molar-refractivity contribution is 5.94. The van der Waals surface area contributed by atoms with Crippen LogP contribution in [0.25, 0.3) is 11.3 Å². The van der Waals surface area contributed by atoms with Gasteiger partial charge in [-0.2, -0.15) is 5.10 Å². The predicted octanol–water partition coefficient (Wildman–Crippen LogP) is 5.17. The summed E-state index contributed by atoms with van der Waals surface area (Å²) in [5.41, 5.74) is 0.693. The van der Waals surface area contributed by atoms with Crippen molar-refractivity contribution in [3.63, 3.8) is 0 Å². The summed E-state index contributed by atoms with van der Waals surface area (Å²) >= 11 is 0. The maximum Gasteiger partial charge on any atom is 0.305 e. The molecule has 1 saturated heterocycles. The van der Waals surface area contributed by atoms with Gasteiger partial charge < -0.3 is 15.3 Å². The van der Waals surface area contributed by atoms with E-state index in [1.807, 2.05) is 4.90 Å². The lowest BCUT2D eigenvalue weighted by Gasteiger charge is -2.30. The number of carboxylic acid groups (broad SMARTS) is 1. The lowest BCUT2D eigenvalue weighted by Crippen LogP contribution is -2.42. The van der Waals surface area contributed by atoms with Crippen molar-refractivity contribution in [3.05, 3.63) is 41.6 Å². The van der Waals surface area contributed by atoms with Gasteiger partial charge in [-0.25, -0.2) is 13.2 Å². The first kappa shape index (κ1) is 27.2. The Bertz CT molecular complexity index is 1090. The van der Waals surface area contributed by atoms with Crippen LogP contribution in [0.2, 0.25) is 0 Å². The molecule has 4 rings (SSSR count). The summed E-state index contributed by atoms with van der Waals surface area (Å²) in [4.78, 5) is 26.6. The van der Waals surface area contributed by atoms with Crippen LogP contribution in [-0.2, 0) is 10.7 Å². The molecule has 10 heteroatoms. The van der Waals surface area contributed by atoms with Crippen molar-refractivity contribution in [1.29, 1.82) is 0 Å². The zero-order chi connectivity index (χ0) is 26.6. The van der Waals surface area contributed by atoms with Crippen molar-refractivity contribution < 1.29 is 27.9 Å². The average molecular weight is 521 g/mol. The van der Waals surface area contributed by atoms with E-state index in [0.717, 1.165) is 45.6 Å². The number of hydrogen-bond donors (Lipinski definition) is 2. The van der Waals surface area contributed by atoms with Gasteiger partial charge in [0.25, 0.3) is 11.8 Å². The number of nitrogens with one attached hydrogen (secondary N) is 1. The van der Waals surface area contributed by atoms with Gasteiger partial charge in [0.2, 0.25) is 0 Å². The first-order valence-electron chi connectivity index (χ1n) is 13.1. The third-order valence-electron chi connectivity index (χ3n) is 7.31. The highest BCUT2D eigenvalue weighted by Crippen LogP contribution is 2.39. The van der Waals surface area contributed by atoms with Gasteiger partial charge in [-0.05, 0) is 44.7 Å². The molecular formula is C27H35F3N4O3. The first-order chi connectivity index (χ1) is 17.6. The second-order valence-electron chi connectivity index (χ2n) is 10.3. The number of alkyl halides is 3. The van der Waals surface area contributed by atoms with Crippen LogP contribution in [0.5, 0.6) is 0 Å². The smallest absolute Gasteiger partial charge is 0.305 e. The third kappa shape index (κ3) is 6.91. The van der Waals surface area contributed by atoms with Gasteiger partial charge in [-0.15, -0.1) is 0 Å². The number of rotatable bonds is 10. The summed E-state index contributed by atoms with van der Waals surface area (Å²) in [7, 11) is 0. The zero-order valence-electron chi connectivity index (χ0n) is 21.1. The van der Waals surface area contributed by atoms with E-state index < -0.39 is 30.0 Å². The van der Waals surface area contributed by atoms with Crippen LogP contribution >= 0.6 is 0 Å². The molecule has 0 bridgehead atoms. The van der Waals surface area contributed by atoms with E-state index in [9.17, 15) is 27.9 Å². The quantitative estimate of drug-likeness (QED) is 0.451. The number of hydrogen-bond acceptors (Lipinski definition) is 4. The highest BCUT2D eigenvalue weighted by atomic mass is 19.3. The molecule has 0 spiro atoms. The summed E-state index contributed by atoms with van der Waals surface area (Å²) in [5, 5.41) is 16.7. The topological polar surface area (TPSA) is 87.5 Å². The van der Waals surface area contributed by atoms with Crippen LogP contribution in [0.3, 0.4) is 0 Å². The molecule has 7 nitrogen and oxygen atoms in total. The standard InChI is InChI=1S/C27H35F3N4O3/c1-27(29,30)22-11-5-4-10-21(22)24-16-23(32-34(24)20-8-2-3-9-20)26(37)31-19(15-25(35)36)12-14-33-13-6-7-18(28)17-33/h4-5,10-11,16,18-20H,2-3,6-9,12-15,17H2,1H3,(H,31,37)(H,35,36)/t18-,19+/m1/s1. The molecule has 37 heavy (non-hydrogen) atoms. The van der Waals surface area contributed by atoms with Crippen LogP contribution in [0.1, 0.15) is 80.4 Å². The maximum absolute atomic E-state index is 14.4. The van der Waals surface area contributed by atoms with Gasteiger partial charge in [0.15, 0.2) is 5.69 Å². The molecule has 1 aliphatic carbocycles. The second kappa shape index (κ2) is 11.7. The Morgan fingerprint density at radius 1 is 1.19 bits per heavy atom. The highest BCUT2D eigenvalue weighted by Gasteiger charge is 2.32. The number of carboxylic acids is 1. The van der Waals surface area contributed by atoms with Gasteiger partial charge >= 0.3 is 5.97 Å². The predicted molar refractivity (Wildman–Crippen MR) is 133 cm³/mol. The first-order valence-corrected chi connectivity index (χ1v) is 13.1. The molecule has 2 N–H and O–H groups in total. The second-order valence-corrected chi connectivity index (χ2v) is 10.3. The fourth-order valence-electron chi connectivity index (χ4n) is 5.46. The van der Waals surface area contributed by atoms with Crippen molar-refractivity contribution in [1.82, 2.24) is 20.0 Å². The average Bonchev–Trinajstić information content (AvgIpc) is 3.52. The Morgan fingerprint density at radius 2 is 1.92 bits per heavy atom. The van der Waals surface area contributed by atoms with Crippen LogP contribution in [-0.4, -0.2) is 63.5 Å². The minimum absolute atomic E-state index is 0.00218. The van der Waals surface area contributed by atoms with Gasteiger partial charge in [-0.1, -0.05) is 37.1 Å². The van der Waals surface area contributed by atoms with Gasteiger partial charge in [0.05, 0.1) is 18.2 Å². The molecule has 0 radical (unpaired) electrons. The lowest BCUT2D eigenvalue weighted by molar-refractivity contribution is -0.137. The van der Waals surface area contributed by atoms with Gasteiger partial charge in [0, 0.05) is 37.2 Å². The summed E-state index contributed by atoms with van der Waals surface area (Å²) in [6.07, 6.45) is 4.13. The molecule has 2 heterocycles. The van der Waals surface area contributed by atoms with Crippen molar-refractivity contribution in [3.8, 4) is 11.3 Å². The molecule has 2 aliphatic rings. The summed E-state index contributed by atoms with van der Waals surface area (Å²) in [5.74, 6) is -4.68. The van der Waals surface area contributed by atoms with E-state index in [-0.39, 0.29) is 23.7 Å². The largest absolute Gasteiger partial charge is 0.481 e. The Kier molecular flexibility index (Phi) is 8.56. The fraction of sp³-hybridized carbons (Fsp3) is 0.593. The Balaban J connectivity index is 1.57. The molecule has 202 valence electrons. The zero-order valence-corrected chi connectivity index (χ0v) is 21.1. The number of aliphatic carboxylic acids is 1. The number of nitrogens with zero attached hydrogens (tertiary/aromatic N) is 3. The van der Waals surface area contributed by atoms with Crippen LogP contribution in [0.15, 0.2) is 30.3 Å². The van der Waals surface area contributed by atoms with E-state index in [1.54, 1.807) is 22.9 Å². The van der Waals surface area contributed by atoms with Crippen molar-refractivity contribution >= 4 is 11.9 Å². The molecule has 2 fully saturated rings. The summed E-state index contributed by atoms with van der Waals surface area (Å²) in [6.45, 7) is 2.37. The van der Waals surface area contributed by atoms with Gasteiger partial charge in [0.1, 0.15) is 6.17 Å². The molecule has 1 aromatic carbocycles. The molecule has 2 aromatic rings. The Hall–Kier alpha value is -2.88. The molecule has 1 aromatic heterocycles. The number of piperidine rings is 1. The van der Waals surface area contributed by atoms with Crippen LogP contribution in [0.4, 0.5) is 13.2 Å². The van der Waals surface area contributed by atoms with E-state index in [0.29, 0.717) is 37.2 Å². The number of aromatic nitrogens is 2. The summed E-state index contributed by atoms with van der Waals surface area (Å²) in [6, 6.07) is 7.09. The van der Waals surface area contributed by atoms with Crippen molar-refractivity contribution in [2.75, 3.05) is 19.6 Å². The maximum atomic E-state index is 14.4. The summed E-state index contributed by atoms with van der Waals surface area (Å²) < 4.78 is 44.3. The van der Waals surface area contributed by atoms with Crippen LogP contribution < -0.4 is 5.32 Å². The molecular weight excluding hydrogens is 485 g/mol. The number of carbonyl (C=O) groups excluding carboxylic acids is 1. The van der Waals surface area contributed by atoms with Gasteiger partial charge in [-0.3, -0.25) is 14.3 Å². The molecule has 1 aliphatic heterocycles. The van der Waals surface area contributed by atoms with E-state index in [4.69, 9.17) is 0 Å². The molecule has 1 amide bonds. The molecule has 2 atom stereocenters. The Morgan fingerprint density at radius 3 is 2.59 bits per heavy atom. The fourth-order valence-corrected chi connectivity index (χ4v) is 5.46. The molecule has 0 unspecified atom stereocenters.